The Bertz CT molecular complexity index is 825. The molecule has 2 amide bonds. The lowest BCUT2D eigenvalue weighted by molar-refractivity contribution is -0.0581. The van der Waals surface area contributed by atoms with Crippen LogP contribution >= 0.6 is 11.3 Å². The van der Waals surface area contributed by atoms with E-state index in [-0.39, 0.29) is 22.1 Å². The molecule has 0 fully saturated rings. The van der Waals surface area contributed by atoms with Crippen LogP contribution in [0, 0.1) is 6.92 Å². The van der Waals surface area contributed by atoms with Crippen LogP contribution < -0.4 is 0 Å². The van der Waals surface area contributed by atoms with Crippen molar-refractivity contribution in [2.75, 3.05) is 6.61 Å². The van der Waals surface area contributed by atoms with E-state index < -0.39 is 17.8 Å². The lowest BCUT2D eigenvalue weighted by Gasteiger charge is -2.12. The van der Waals surface area contributed by atoms with Crippen LogP contribution in [0.15, 0.2) is 24.3 Å². The van der Waals surface area contributed by atoms with Gasteiger partial charge in [-0.1, -0.05) is 17.2 Å². The van der Waals surface area contributed by atoms with E-state index in [1.165, 1.54) is 12.1 Å². The van der Waals surface area contributed by atoms with Gasteiger partial charge in [0.1, 0.15) is 16.0 Å². The number of amides is 2. The number of fused-ring (bicyclic) bond motifs is 1. The van der Waals surface area contributed by atoms with Gasteiger partial charge >= 0.3 is 5.97 Å². The molecule has 3 rings (SSSR count). The van der Waals surface area contributed by atoms with E-state index in [1.54, 1.807) is 19.1 Å². The van der Waals surface area contributed by atoms with Gasteiger partial charge in [0.2, 0.25) is 0 Å². The Labute approximate surface area is 148 Å². The molecule has 2 aromatic rings. The summed E-state index contributed by atoms with van der Waals surface area (Å²) in [6.07, 6.45) is -0.255. The molecule has 0 aliphatic carbocycles. The van der Waals surface area contributed by atoms with Crippen LogP contribution in [-0.2, 0) is 9.57 Å². The average Bonchev–Trinajstić information content (AvgIpc) is 3.10. The first-order chi connectivity index (χ1) is 11.9. The van der Waals surface area contributed by atoms with Crippen molar-refractivity contribution in [3.8, 4) is 0 Å². The summed E-state index contributed by atoms with van der Waals surface area (Å²) in [5, 5.41) is 1.13. The summed E-state index contributed by atoms with van der Waals surface area (Å²) in [5.74, 6) is -2.10. The van der Waals surface area contributed by atoms with Crippen molar-refractivity contribution >= 4 is 29.1 Å². The maximum atomic E-state index is 12.4. The number of carbonyl (C=O) groups is 3. The number of hydrogen-bond acceptors (Lipinski definition) is 7. The summed E-state index contributed by atoms with van der Waals surface area (Å²) in [5.41, 5.74) is 0.895. The molecule has 2 heterocycles. The van der Waals surface area contributed by atoms with Gasteiger partial charge < -0.3 is 9.57 Å². The number of benzene rings is 1. The second-order valence-electron chi connectivity index (χ2n) is 5.39. The van der Waals surface area contributed by atoms with Gasteiger partial charge in [0.25, 0.3) is 11.8 Å². The summed E-state index contributed by atoms with van der Waals surface area (Å²) in [6.45, 7) is 5.89. The molecule has 0 bridgehead atoms. The van der Waals surface area contributed by atoms with Crippen molar-refractivity contribution in [2.45, 2.75) is 26.9 Å². The molecule has 0 N–H and O–H groups in total. The highest BCUT2D eigenvalue weighted by atomic mass is 32.1. The third kappa shape index (κ3) is 3.06. The minimum atomic E-state index is -0.792. The second-order valence-corrected chi connectivity index (χ2v) is 6.42. The number of imide groups is 1. The quantitative estimate of drug-likeness (QED) is 0.762. The Morgan fingerprint density at radius 2 is 1.84 bits per heavy atom. The minimum absolute atomic E-state index is 0.215. The highest BCUT2D eigenvalue weighted by Gasteiger charge is 2.39. The van der Waals surface area contributed by atoms with Crippen LogP contribution in [0.1, 0.15) is 61.0 Å². The third-order valence-electron chi connectivity index (χ3n) is 3.69. The second kappa shape index (κ2) is 6.73. The molecule has 0 saturated heterocycles. The molecule has 7 nitrogen and oxygen atoms in total. The summed E-state index contributed by atoms with van der Waals surface area (Å²) in [7, 11) is 0. The van der Waals surface area contributed by atoms with E-state index in [9.17, 15) is 14.4 Å². The van der Waals surface area contributed by atoms with E-state index in [4.69, 9.17) is 9.57 Å². The molecule has 130 valence electrons. The number of carbonyl (C=O) groups excluding carboxylic acids is 3. The van der Waals surface area contributed by atoms with Crippen molar-refractivity contribution < 1.29 is 24.0 Å². The molecular weight excluding hydrogens is 344 g/mol. The molecule has 1 aromatic heterocycles. The first-order valence-electron chi connectivity index (χ1n) is 7.73. The standard InChI is InChI=1S/C17H16N2O5S/c1-4-23-10(3)14-18-9(2)13(25-14)17(22)24-19-15(20)11-7-5-6-8-12(11)16(19)21/h5-8,10H,4H2,1-3H3. The van der Waals surface area contributed by atoms with E-state index in [2.05, 4.69) is 4.98 Å². The van der Waals surface area contributed by atoms with Crippen LogP contribution in [0.3, 0.4) is 0 Å². The van der Waals surface area contributed by atoms with Crippen LogP contribution in [0.25, 0.3) is 0 Å². The number of thiazole rings is 1. The fourth-order valence-electron chi connectivity index (χ4n) is 2.48. The normalized spacial score (nSPS) is 14.6. The number of aryl methyl sites for hydroxylation is 1. The molecule has 0 radical (unpaired) electrons. The van der Waals surface area contributed by atoms with E-state index >= 15 is 0 Å². The van der Waals surface area contributed by atoms with Crippen LogP contribution in [0.2, 0.25) is 0 Å². The average molecular weight is 360 g/mol. The monoisotopic (exact) mass is 360 g/mol. The van der Waals surface area contributed by atoms with Crippen LogP contribution in [-0.4, -0.2) is 34.4 Å². The predicted molar refractivity (Wildman–Crippen MR) is 89.2 cm³/mol. The van der Waals surface area contributed by atoms with Gasteiger partial charge in [-0.2, -0.15) is 0 Å². The van der Waals surface area contributed by atoms with Crippen LogP contribution in [0.5, 0.6) is 0 Å². The number of ether oxygens (including phenoxy) is 1. The van der Waals surface area contributed by atoms with Gasteiger partial charge in [0.15, 0.2) is 0 Å². The number of aromatic nitrogens is 1. The van der Waals surface area contributed by atoms with Gasteiger partial charge in [-0.3, -0.25) is 9.59 Å². The van der Waals surface area contributed by atoms with Gasteiger partial charge in [0, 0.05) is 6.61 Å². The minimum Gasteiger partial charge on any atom is -0.372 e. The Morgan fingerprint density at radius 3 is 2.40 bits per heavy atom. The maximum absolute atomic E-state index is 12.4. The molecule has 1 unspecified atom stereocenters. The molecule has 25 heavy (non-hydrogen) atoms. The molecule has 1 atom stereocenters. The summed E-state index contributed by atoms with van der Waals surface area (Å²) in [4.78, 5) is 46.5. The molecule has 0 spiro atoms. The first-order valence-corrected chi connectivity index (χ1v) is 8.54. The Morgan fingerprint density at radius 1 is 1.24 bits per heavy atom. The van der Waals surface area contributed by atoms with Crippen molar-refractivity contribution in [1.82, 2.24) is 10.0 Å². The fourth-order valence-corrected chi connectivity index (χ4v) is 3.42. The van der Waals surface area contributed by atoms with Crippen LogP contribution in [0.4, 0.5) is 0 Å². The van der Waals surface area contributed by atoms with Crippen molar-refractivity contribution in [2.24, 2.45) is 0 Å². The Balaban J connectivity index is 1.80. The van der Waals surface area contributed by atoms with Crippen molar-refractivity contribution in [3.63, 3.8) is 0 Å². The fraction of sp³-hybridized carbons (Fsp3) is 0.294. The summed E-state index contributed by atoms with van der Waals surface area (Å²) < 4.78 is 5.46. The maximum Gasteiger partial charge on any atom is 0.375 e. The lowest BCUT2D eigenvalue weighted by atomic mass is 10.1. The first kappa shape index (κ1) is 17.2. The van der Waals surface area contributed by atoms with Gasteiger partial charge in [-0.15, -0.1) is 11.3 Å². The zero-order valence-corrected chi connectivity index (χ0v) is 14.8. The molecule has 1 aliphatic heterocycles. The highest BCUT2D eigenvalue weighted by molar-refractivity contribution is 7.13. The predicted octanol–water partition coefficient (Wildman–Crippen LogP) is 2.92. The molecular formula is C17H16N2O5S. The summed E-state index contributed by atoms with van der Waals surface area (Å²) >= 11 is 1.13. The SMILES string of the molecule is CCOC(C)c1nc(C)c(C(=O)ON2C(=O)c3ccccc3C2=O)s1. The molecule has 0 saturated carbocycles. The molecule has 8 heteroatoms. The lowest BCUT2D eigenvalue weighted by Crippen LogP contribution is -2.32. The van der Waals surface area contributed by atoms with Gasteiger partial charge in [-0.05, 0) is 32.9 Å². The third-order valence-corrected chi connectivity index (χ3v) is 4.99. The topological polar surface area (TPSA) is 85.8 Å². The molecule has 1 aliphatic rings. The van der Waals surface area contributed by atoms with Crippen molar-refractivity contribution in [3.05, 3.63) is 51.0 Å². The zero-order valence-electron chi connectivity index (χ0n) is 13.9. The largest absolute Gasteiger partial charge is 0.375 e. The number of nitrogens with zero attached hydrogens (tertiary/aromatic N) is 2. The highest BCUT2D eigenvalue weighted by Crippen LogP contribution is 2.28. The van der Waals surface area contributed by atoms with E-state index in [0.717, 1.165) is 11.3 Å². The number of hydrogen-bond donors (Lipinski definition) is 0. The zero-order chi connectivity index (χ0) is 18.1. The van der Waals surface area contributed by atoms with Crippen molar-refractivity contribution in [1.29, 1.82) is 0 Å². The van der Waals surface area contributed by atoms with E-state index in [1.807, 2.05) is 13.8 Å². The number of hydroxylamine groups is 2. The van der Waals surface area contributed by atoms with Gasteiger partial charge in [-0.25, -0.2) is 9.78 Å². The molecule has 1 aromatic carbocycles. The summed E-state index contributed by atoms with van der Waals surface area (Å²) in [6, 6.07) is 6.32. The van der Waals surface area contributed by atoms with E-state index in [0.29, 0.717) is 22.4 Å². The number of rotatable bonds is 5. The Hall–Kier alpha value is -2.58. The smallest absolute Gasteiger partial charge is 0.372 e. The van der Waals surface area contributed by atoms with Gasteiger partial charge in [0.05, 0.1) is 16.8 Å². The Kier molecular flexibility index (Phi) is 4.65.